The predicted molar refractivity (Wildman–Crippen MR) is 127 cm³/mol. The number of methoxy groups -OCH3 is 1. The summed E-state index contributed by atoms with van der Waals surface area (Å²) in [6.07, 6.45) is 0. The van der Waals surface area contributed by atoms with E-state index in [1.54, 1.807) is 0 Å². The van der Waals surface area contributed by atoms with Gasteiger partial charge in [0.25, 0.3) is 0 Å². The van der Waals surface area contributed by atoms with Crippen molar-refractivity contribution in [3.63, 3.8) is 0 Å². The Morgan fingerprint density at radius 3 is 2.43 bits per heavy atom. The Balaban J connectivity index is 1.83. The second-order valence-corrected chi connectivity index (χ2v) is 8.65. The van der Waals surface area contributed by atoms with Crippen LogP contribution in [0.4, 0.5) is 0 Å². The van der Waals surface area contributed by atoms with Gasteiger partial charge < -0.3 is 19.4 Å². The molecule has 0 saturated carbocycles. The van der Waals surface area contributed by atoms with Gasteiger partial charge in [-0.2, -0.15) is 0 Å². The first-order valence-electron chi connectivity index (χ1n) is 11.0. The minimum atomic E-state index is -1.11. The third kappa shape index (κ3) is 3.82. The summed E-state index contributed by atoms with van der Waals surface area (Å²) < 4.78 is 13.2. The number of esters is 1. The summed E-state index contributed by atoms with van der Waals surface area (Å²) in [6.45, 7) is 2.76. The molecule has 0 atom stereocenters. The van der Waals surface area contributed by atoms with E-state index in [0.717, 1.165) is 16.3 Å². The number of carbonyl (C=O) groups is 3. The number of carboxylic acid groups (broad SMARTS) is 2. The third-order valence-corrected chi connectivity index (χ3v) is 6.40. The number of ether oxygens (including phenoxy) is 1. The van der Waals surface area contributed by atoms with Crippen LogP contribution in [-0.4, -0.2) is 48.3 Å². The number of aromatic carboxylic acids is 1. The quantitative estimate of drug-likeness (QED) is 0.265. The van der Waals surface area contributed by atoms with E-state index in [9.17, 15) is 24.6 Å². The second kappa shape index (κ2) is 8.39. The van der Waals surface area contributed by atoms with E-state index in [1.807, 2.05) is 47.9 Å². The van der Waals surface area contributed by atoms with Crippen LogP contribution in [0, 0.1) is 12.8 Å². The van der Waals surface area contributed by atoms with Crippen molar-refractivity contribution in [1.29, 1.82) is 0 Å². The van der Waals surface area contributed by atoms with E-state index in [0.29, 0.717) is 41.1 Å². The van der Waals surface area contributed by atoms with Gasteiger partial charge in [-0.25, -0.2) is 14.2 Å². The molecular formula is C27H22NO7+. The number of benzene rings is 3. The normalized spacial score (nSPS) is 15.1. The Hall–Kier alpha value is -4.46. The molecule has 1 fully saturated rings. The number of nitrogens with zero attached hydrogens (tertiary/aromatic N) is 1. The highest BCUT2D eigenvalue weighted by Gasteiger charge is 2.37. The molecule has 0 radical (unpaired) electrons. The van der Waals surface area contributed by atoms with Crippen molar-refractivity contribution >= 4 is 28.9 Å². The Labute approximate surface area is 199 Å². The number of rotatable bonds is 4. The Morgan fingerprint density at radius 2 is 1.74 bits per heavy atom. The number of hydrogen-bond donors (Lipinski definition) is 2. The molecule has 2 aliphatic heterocycles. The summed E-state index contributed by atoms with van der Waals surface area (Å²) in [5.41, 5.74) is 3.60. The van der Waals surface area contributed by atoms with Gasteiger partial charge in [-0.15, -0.1) is 0 Å². The van der Waals surface area contributed by atoms with E-state index in [4.69, 9.17) is 9.15 Å². The predicted octanol–water partition coefficient (Wildman–Crippen LogP) is 3.48. The zero-order valence-electron chi connectivity index (χ0n) is 19.1. The molecule has 5 rings (SSSR count). The van der Waals surface area contributed by atoms with Crippen molar-refractivity contribution in [1.82, 2.24) is 4.58 Å². The van der Waals surface area contributed by atoms with Crippen molar-refractivity contribution in [2.75, 3.05) is 20.2 Å². The van der Waals surface area contributed by atoms with Gasteiger partial charge in [0.2, 0.25) is 5.36 Å². The zero-order chi connectivity index (χ0) is 24.9. The minimum absolute atomic E-state index is 0.0405. The molecule has 2 aromatic rings. The lowest BCUT2D eigenvalue weighted by Crippen LogP contribution is -2.52. The number of hydrogen-bond acceptors (Lipinski definition) is 5. The molecule has 0 aromatic heterocycles. The van der Waals surface area contributed by atoms with Gasteiger partial charge in [0.05, 0.1) is 24.3 Å². The third-order valence-electron chi connectivity index (χ3n) is 6.40. The van der Waals surface area contributed by atoms with Crippen LogP contribution in [0.15, 0.2) is 59.0 Å². The fourth-order valence-electron chi connectivity index (χ4n) is 4.49. The largest absolute Gasteiger partial charge is 0.481 e. The van der Waals surface area contributed by atoms with E-state index in [-0.39, 0.29) is 11.1 Å². The number of carboxylic acids is 2. The van der Waals surface area contributed by atoms with Gasteiger partial charge >= 0.3 is 17.9 Å². The molecule has 2 heterocycles. The Morgan fingerprint density at radius 1 is 0.971 bits per heavy atom. The number of carbonyl (C=O) groups excluding carboxylic acids is 1. The lowest BCUT2D eigenvalue weighted by Gasteiger charge is -2.20. The highest BCUT2D eigenvalue weighted by Crippen LogP contribution is 2.41. The van der Waals surface area contributed by atoms with E-state index >= 15 is 0 Å². The SMILES string of the molecule is COC(=O)c1ccc(C(=O)O)cc1-c1c2ccc(=[N+]3CC(C(=O)O)C3)cc-2oc2cc(C)ccc12. The van der Waals surface area contributed by atoms with Crippen LogP contribution in [0.25, 0.3) is 33.4 Å². The van der Waals surface area contributed by atoms with Gasteiger partial charge in [-0.05, 0) is 48.4 Å². The maximum absolute atomic E-state index is 12.6. The van der Waals surface area contributed by atoms with Gasteiger partial charge in [0, 0.05) is 22.6 Å². The molecule has 2 aromatic carbocycles. The maximum Gasteiger partial charge on any atom is 0.338 e. The lowest BCUT2D eigenvalue weighted by atomic mass is 9.89. The molecule has 35 heavy (non-hydrogen) atoms. The van der Waals surface area contributed by atoms with E-state index in [2.05, 4.69) is 0 Å². The number of fused-ring (bicyclic) bond motifs is 2. The van der Waals surface area contributed by atoms with Crippen LogP contribution in [0.2, 0.25) is 0 Å². The average Bonchev–Trinajstić information content (AvgIpc) is 2.80. The van der Waals surface area contributed by atoms with Crippen LogP contribution in [-0.2, 0) is 9.53 Å². The van der Waals surface area contributed by atoms with Crippen LogP contribution in [0.1, 0.15) is 26.3 Å². The van der Waals surface area contributed by atoms with Crippen molar-refractivity contribution in [2.45, 2.75) is 6.92 Å². The summed E-state index contributed by atoms with van der Waals surface area (Å²) in [4.78, 5) is 35.6. The highest BCUT2D eigenvalue weighted by atomic mass is 16.5. The van der Waals surface area contributed by atoms with Crippen LogP contribution in [0.3, 0.4) is 0 Å². The Kier molecular flexibility index (Phi) is 5.36. The van der Waals surface area contributed by atoms with Crippen molar-refractivity contribution in [2.24, 2.45) is 5.92 Å². The van der Waals surface area contributed by atoms with Gasteiger partial charge in [0.1, 0.15) is 11.3 Å². The molecular weight excluding hydrogens is 450 g/mol. The highest BCUT2D eigenvalue weighted by molar-refractivity contribution is 6.09. The van der Waals surface area contributed by atoms with E-state index < -0.39 is 23.8 Å². The molecule has 8 nitrogen and oxygen atoms in total. The lowest BCUT2D eigenvalue weighted by molar-refractivity contribution is -0.143. The summed E-state index contributed by atoms with van der Waals surface area (Å²) in [5, 5.41) is 20.4. The Bertz CT molecular complexity index is 1570. The monoisotopic (exact) mass is 472 g/mol. The first-order chi connectivity index (χ1) is 16.8. The minimum Gasteiger partial charge on any atom is -0.481 e. The molecule has 3 aliphatic rings. The van der Waals surface area contributed by atoms with Crippen LogP contribution < -0.4 is 9.93 Å². The molecule has 1 aliphatic carbocycles. The van der Waals surface area contributed by atoms with Crippen molar-refractivity contribution in [3.8, 4) is 22.5 Å². The average molecular weight is 472 g/mol. The molecule has 0 spiro atoms. The van der Waals surface area contributed by atoms with Gasteiger partial charge in [-0.1, -0.05) is 12.1 Å². The first-order valence-corrected chi connectivity index (χ1v) is 11.0. The van der Waals surface area contributed by atoms with Crippen molar-refractivity contribution in [3.05, 3.63) is 76.6 Å². The standard InChI is InChI=1S/C27H21NO7/c1-14-3-6-19-22(9-14)35-23-11-17(28-12-16(13-28)26(31)32)5-8-20(23)24(19)21-10-15(25(29)30)4-7-18(21)27(33)34-2/h3-11,16H,12-13H2,1-2H3,(H-,29,30,31,32)/p+1. The van der Waals surface area contributed by atoms with Crippen molar-refractivity contribution < 1.29 is 33.8 Å². The molecule has 0 unspecified atom stereocenters. The topological polar surface area (TPSA) is 117 Å². The fourth-order valence-corrected chi connectivity index (χ4v) is 4.49. The molecule has 8 heteroatoms. The summed E-state index contributed by atoms with van der Waals surface area (Å²) >= 11 is 0. The first kappa shape index (κ1) is 22.3. The van der Waals surface area contributed by atoms with Crippen LogP contribution in [0.5, 0.6) is 0 Å². The fraction of sp³-hybridized carbons (Fsp3) is 0.185. The van der Waals surface area contributed by atoms with Gasteiger partial charge in [0.15, 0.2) is 19.0 Å². The van der Waals surface area contributed by atoms with Crippen LogP contribution >= 0.6 is 0 Å². The second-order valence-electron chi connectivity index (χ2n) is 8.65. The zero-order valence-corrected chi connectivity index (χ0v) is 19.1. The molecule has 2 N–H and O–H groups in total. The van der Waals surface area contributed by atoms with E-state index in [1.165, 1.54) is 25.3 Å². The molecule has 1 saturated heterocycles. The number of aryl methyl sites for hydroxylation is 1. The summed E-state index contributed by atoms with van der Waals surface area (Å²) in [6, 6.07) is 15.6. The maximum atomic E-state index is 12.6. The van der Waals surface area contributed by atoms with Gasteiger partial charge in [-0.3, -0.25) is 4.79 Å². The smallest absolute Gasteiger partial charge is 0.338 e. The summed E-state index contributed by atoms with van der Waals surface area (Å²) in [5.74, 6) is -2.38. The molecule has 176 valence electrons. The summed E-state index contributed by atoms with van der Waals surface area (Å²) in [7, 11) is 1.28. The number of aliphatic carboxylic acids is 1. The molecule has 0 bridgehead atoms. The molecule has 0 amide bonds.